The summed E-state index contributed by atoms with van der Waals surface area (Å²) in [5.41, 5.74) is 2.71. The number of ether oxygens (including phenoxy) is 1. The van der Waals surface area contributed by atoms with Crippen LogP contribution >= 0.6 is 0 Å². The summed E-state index contributed by atoms with van der Waals surface area (Å²) in [6.07, 6.45) is -0.805. The predicted octanol–water partition coefficient (Wildman–Crippen LogP) is 2.76. The van der Waals surface area contributed by atoms with Gasteiger partial charge in [0.25, 0.3) is 5.56 Å². The highest BCUT2D eigenvalue weighted by molar-refractivity contribution is 5.77. The van der Waals surface area contributed by atoms with E-state index >= 15 is 0 Å². The molecule has 5 nitrogen and oxygen atoms in total. The molecule has 0 bridgehead atoms. The molecule has 2 aromatic carbocycles. The van der Waals surface area contributed by atoms with Crippen molar-refractivity contribution in [2.24, 2.45) is 0 Å². The molecule has 0 saturated carbocycles. The quantitative estimate of drug-likeness (QED) is 0.777. The maximum Gasteiger partial charge on any atom is 0.261 e. The molecule has 1 atom stereocenters. The Morgan fingerprint density at radius 2 is 1.92 bits per heavy atom. The molecule has 1 N–H and O–H groups in total. The normalized spacial score (nSPS) is 12.3. The Hall–Kier alpha value is -2.66. The highest BCUT2D eigenvalue weighted by Gasteiger charge is 2.13. The molecule has 0 aliphatic carbocycles. The molecule has 0 saturated heterocycles. The fraction of sp³-hybridized carbons (Fsp3) is 0.300. The molecule has 0 fully saturated rings. The van der Waals surface area contributed by atoms with Crippen molar-refractivity contribution in [1.82, 2.24) is 9.55 Å². The van der Waals surface area contributed by atoms with E-state index in [2.05, 4.69) is 4.98 Å². The van der Waals surface area contributed by atoms with Crippen LogP contribution in [0.25, 0.3) is 10.9 Å². The number of hydrogen-bond donors (Lipinski definition) is 1. The summed E-state index contributed by atoms with van der Waals surface area (Å²) in [4.78, 5) is 17.1. The summed E-state index contributed by atoms with van der Waals surface area (Å²) in [6, 6.07) is 13.1. The average Bonchev–Trinajstić information content (AvgIpc) is 2.58. The molecule has 3 rings (SSSR count). The molecule has 5 heteroatoms. The molecular weight excluding hydrogens is 316 g/mol. The SMILES string of the molecule is Cc1ccc(OCC(O)Cn2c(C)nc3ccccc3c2=O)c(C)c1. The second-order valence-electron chi connectivity index (χ2n) is 6.33. The number of nitrogens with zero attached hydrogens (tertiary/aromatic N) is 2. The fourth-order valence-electron chi connectivity index (χ4n) is 2.90. The van der Waals surface area contributed by atoms with Gasteiger partial charge in [0.1, 0.15) is 24.3 Å². The third kappa shape index (κ3) is 3.72. The first-order chi connectivity index (χ1) is 12.0. The van der Waals surface area contributed by atoms with Gasteiger partial charge in [-0.2, -0.15) is 0 Å². The van der Waals surface area contributed by atoms with Gasteiger partial charge in [-0.1, -0.05) is 29.8 Å². The van der Waals surface area contributed by atoms with Crippen molar-refractivity contribution < 1.29 is 9.84 Å². The van der Waals surface area contributed by atoms with Crippen LogP contribution in [0.3, 0.4) is 0 Å². The van der Waals surface area contributed by atoms with E-state index in [0.717, 1.165) is 16.9 Å². The molecule has 1 unspecified atom stereocenters. The predicted molar refractivity (Wildman–Crippen MR) is 98.2 cm³/mol. The van der Waals surface area contributed by atoms with E-state index in [0.29, 0.717) is 16.7 Å². The van der Waals surface area contributed by atoms with Crippen molar-refractivity contribution in [1.29, 1.82) is 0 Å². The molecule has 0 radical (unpaired) electrons. The largest absolute Gasteiger partial charge is 0.491 e. The van der Waals surface area contributed by atoms with E-state index in [-0.39, 0.29) is 18.7 Å². The molecule has 0 spiro atoms. The van der Waals surface area contributed by atoms with Crippen molar-refractivity contribution in [3.8, 4) is 5.75 Å². The van der Waals surface area contributed by atoms with Gasteiger partial charge in [0.15, 0.2) is 0 Å². The van der Waals surface area contributed by atoms with Gasteiger partial charge in [0, 0.05) is 0 Å². The second-order valence-corrected chi connectivity index (χ2v) is 6.33. The topological polar surface area (TPSA) is 64.3 Å². The maximum atomic E-state index is 12.6. The molecule has 0 aliphatic heterocycles. The van der Waals surface area contributed by atoms with E-state index in [4.69, 9.17) is 4.74 Å². The number of aromatic nitrogens is 2. The second kappa shape index (κ2) is 7.07. The lowest BCUT2D eigenvalue weighted by Gasteiger charge is -2.17. The number of hydrogen-bond acceptors (Lipinski definition) is 4. The molecule has 130 valence electrons. The molecule has 1 heterocycles. The van der Waals surface area contributed by atoms with Crippen LogP contribution in [-0.2, 0) is 6.54 Å². The van der Waals surface area contributed by atoms with E-state index in [1.54, 1.807) is 13.0 Å². The average molecular weight is 338 g/mol. The lowest BCUT2D eigenvalue weighted by Crippen LogP contribution is -2.32. The Kier molecular flexibility index (Phi) is 4.86. The van der Waals surface area contributed by atoms with Crippen molar-refractivity contribution >= 4 is 10.9 Å². The highest BCUT2D eigenvalue weighted by Crippen LogP contribution is 2.19. The number of benzene rings is 2. The van der Waals surface area contributed by atoms with Crippen molar-refractivity contribution in [3.05, 3.63) is 69.8 Å². The van der Waals surface area contributed by atoms with Gasteiger partial charge in [-0.25, -0.2) is 4.98 Å². The van der Waals surface area contributed by atoms with Gasteiger partial charge >= 0.3 is 0 Å². The molecule has 0 aliphatic rings. The first-order valence-corrected chi connectivity index (χ1v) is 8.30. The van der Waals surface area contributed by atoms with Crippen LogP contribution in [0.4, 0.5) is 0 Å². The fourth-order valence-corrected chi connectivity index (χ4v) is 2.90. The van der Waals surface area contributed by atoms with Gasteiger partial charge in [-0.3, -0.25) is 9.36 Å². The zero-order valence-corrected chi connectivity index (χ0v) is 14.7. The third-order valence-corrected chi connectivity index (χ3v) is 4.21. The van der Waals surface area contributed by atoms with Crippen LogP contribution in [-0.4, -0.2) is 27.4 Å². The third-order valence-electron chi connectivity index (χ3n) is 4.21. The first-order valence-electron chi connectivity index (χ1n) is 8.30. The molecular formula is C20H22N2O3. The smallest absolute Gasteiger partial charge is 0.261 e. The minimum absolute atomic E-state index is 0.114. The highest BCUT2D eigenvalue weighted by atomic mass is 16.5. The number of aliphatic hydroxyl groups excluding tert-OH is 1. The molecule has 0 amide bonds. The molecule has 25 heavy (non-hydrogen) atoms. The van der Waals surface area contributed by atoms with Gasteiger partial charge in [0.2, 0.25) is 0 Å². The Morgan fingerprint density at radius 3 is 2.68 bits per heavy atom. The summed E-state index contributed by atoms with van der Waals surface area (Å²) in [5, 5.41) is 10.9. The standard InChI is InChI=1S/C20H22N2O3/c1-13-8-9-19(14(2)10-13)25-12-16(23)11-22-15(3)21-18-7-5-4-6-17(18)20(22)24/h4-10,16,23H,11-12H2,1-3H3. The summed E-state index contributed by atoms with van der Waals surface area (Å²) in [5.74, 6) is 1.32. The first kappa shape index (κ1) is 17.2. The van der Waals surface area contributed by atoms with E-state index in [1.807, 2.05) is 50.2 Å². The van der Waals surface area contributed by atoms with E-state index in [1.165, 1.54) is 4.57 Å². The van der Waals surface area contributed by atoms with Crippen LogP contribution in [0.15, 0.2) is 47.3 Å². The molecule has 1 aromatic heterocycles. The van der Waals surface area contributed by atoms with E-state index in [9.17, 15) is 9.90 Å². The molecule has 3 aromatic rings. The lowest BCUT2D eigenvalue weighted by molar-refractivity contribution is 0.0906. The number of aliphatic hydroxyl groups is 1. The number of rotatable bonds is 5. The van der Waals surface area contributed by atoms with Gasteiger partial charge in [-0.05, 0) is 44.5 Å². The Labute approximate surface area is 146 Å². The Balaban J connectivity index is 1.76. The minimum Gasteiger partial charge on any atom is -0.491 e. The Morgan fingerprint density at radius 1 is 1.16 bits per heavy atom. The summed E-state index contributed by atoms with van der Waals surface area (Å²) in [6.45, 7) is 6.02. The van der Waals surface area contributed by atoms with Crippen LogP contribution in [0, 0.1) is 20.8 Å². The van der Waals surface area contributed by atoms with Crippen LogP contribution < -0.4 is 10.3 Å². The van der Waals surface area contributed by atoms with Crippen LogP contribution in [0.5, 0.6) is 5.75 Å². The zero-order valence-electron chi connectivity index (χ0n) is 14.7. The van der Waals surface area contributed by atoms with Crippen molar-refractivity contribution in [2.75, 3.05) is 6.61 Å². The summed E-state index contributed by atoms with van der Waals surface area (Å²) >= 11 is 0. The van der Waals surface area contributed by atoms with Crippen molar-refractivity contribution in [2.45, 2.75) is 33.4 Å². The summed E-state index contributed by atoms with van der Waals surface area (Å²) in [7, 11) is 0. The Bertz CT molecular complexity index is 963. The maximum absolute atomic E-state index is 12.6. The van der Waals surface area contributed by atoms with Crippen LogP contribution in [0.1, 0.15) is 17.0 Å². The van der Waals surface area contributed by atoms with E-state index < -0.39 is 6.10 Å². The number of fused-ring (bicyclic) bond motifs is 1. The lowest BCUT2D eigenvalue weighted by atomic mass is 10.1. The number of para-hydroxylation sites is 1. The van der Waals surface area contributed by atoms with Gasteiger partial charge in [0.05, 0.1) is 17.4 Å². The van der Waals surface area contributed by atoms with Crippen LogP contribution in [0.2, 0.25) is 0 Å². The monoisotopic (exact) mass is 338 g/mol. The minimum atomic E-state index is -0.805. The van der Waals surface area contributed by atoms with Gasteiger partial charge < -0.3 is 9.84 Å². The van der Waals surface area contributed by atoms with Crippen molar-refractivity contribution in [3.63, 3.8) is 0 Å². The van der Waals surface area contributed by atoms with Gasteiger partial charge in [-0.15, -0.1) is 0 Å². The zero-order chi connectivity index (χ0) is 18.0. The number of aryl methyl sites for hydroxylation is 3. The summed E-state index contributed by atoms with van der Waals surface area (Å²) < 4.78 is 7.21.